The van der Waals surface area contributed by atoms with Crippen LogP contribution in [0.5, 0.6) is 0 Å². The second-order valence-electron chi connectivity index (χ2n) is 3.50. The SMILES string of the molecule is CC(O)C(C)n1cc(CCCO)nn1. The highest BCUT2D eigenvalue weighted by Gasteiger charge is 2.12. The van der Waals surface area contributed by atoms with Gasteiger partial charge in [-0.1, -0.05) is 5.21 Å². The maximum Gasteiger partial charge on any atom is 0.0828 e. The molecule has 0 spiro atoms. The van der Waals surface area contributed by atoms with Gasteiger partial charge < -0.3 is 10.2 Å². The highest BCUT2D eigenvalue weighted by Crippen LogP contribution is 2.09. The van der Waals surface area contributed by atoms with E-state index in [2.05, 4.69) is 10.3 Å². The van der Waals surface area contributed by atoms with Gasteiger partial charge in [-0.2, -0.15) is 0 Å². The lowest BCUT2D eigenvalue weighted by molar-refractivity contribution is 0.131. The van der Waals surface area contributed by atoms with E-state index in [1.165, 1.54) is 0 Å². The number of nitrogens with zero attached hydrogens (tertiary/aromatic N) is 3. The molecule has 0 aromatic carbocycles. The third-order valence-electron chi connectivity index (χ3n) is 2.26. The third-order valence-corrected chi connectivity index (χ3v) is 2.26. The predicted molar refractivity (Wildman–Crippen MR) is 51.8 cm³/mol. The Morgan fingerprint density at radius 3 is 2.79 bits per heavy atom. The molecule has 14 heavy (non-hydrogen) atoms. The van der Waals surface area contributed by atoms with E-state index in [9.17, 15) is 5.11 Å². The van der Waals surface area contributed by atoms with Crippen molar-refractivity contribution in [3.8, 4) is 0 Å². The quantitative estimate of drug-likeness (QED) is 0.708. The Labute approximate surface area is 83.4 Å². The molecule has 1 heterocycles. The van der Waals surface area contributed by atoms with Gasteiger partial charge in [0.15, 0.2) is 0 Å². The first-order valence-electron chi connectivity index (χ1n) is 4.84. The van der Waals surface area contributed by atoms with Gasteiger partial charge in [-0.25, -0.2) is 4.68 Å². The van der Waals surface area contributed by atoms with Crippen molar-refractivity contribution < 1.29 is 10.2 Å². The molecule has 0 fully saturated rings. The van der Waals surface area contributed by atoms with Crippen LogP contribution in [-0.2, 0) is 6.42 Å². The van der Waals surface area contributed by atoms with E-state index in [0.717, 1.165) is 12.1 Å². The molecule has 0 amide bonds. The molecule has 0 aliphatic carbocycles. The lowest BCUT2D eigenvalue weighted by Crippen LogP contribution is -2.18. The molecule has 2 N–H and O–H groups in total. The molecule has 1 rings (SSSR count). The molecular formula is C9H17N3O2. The minimum Gasteiger partial charge on any atom is -0.396 e. The molecule has 2 unspecified atom stereocenters. The van der Waals surface area contributed by atoms with Gasteiger partial charge in [0.1, 0.15) is 0 Å². The number of aromatic nitrogens is 3. The van der Waals surface area contributed by atoms with E-state index < -0.39 is 6.10 Å². The van der Waals surface area contributed by atoms with Crippen molar-refractivity contribution in [2.24, 2.45) is 0 Å². The topological polar surface area (TPSA) is 71.2 Å². The van der Waals surface area contributed by atoms with E-state index in [1.807, 2.05) is 13.1 Å². The van der Waals surface area contributed by atoms with E-state index in [4.69, 9.17) is 5.11 Å². The number of hydrogen-bond acceptors (Lipinski definition) is 4. The standard InChI is InChI=1S/C9H17N3O2/c1-7(8(2)14)12-6-9(10-11-12)4-3-5-13/h6-8,13-14H,3-5H2,1-2H3. The van der Waals surface area contributed by atoms with Crippen molar-refractivity contribution >= 4 is 0 Å². The molecule has 80 valence electrons. The predicted octanol–water partition coefficient (Wildman–Crippen LogP) is 0.145. The van der Waals surface area contributed by atoms with Crippen LogP contribution >= 0.6 is 0 Å². The summed E-state index contributed by atoms with van der Waals surface area (Å²) in [7, 11) is 0. The van der Waals surface area contributed by atoms with E-state index in [1.54, 1.807) is 11.6 Å². The van der Waals surface area contributed by atoms with Crippen molar-refractivity contribution in [3.63, 3.8) is 0 Å². The Balaban J connectivity index is 2.58. The lowest BCUT2D eigenvalue weighted by atomic mass is 10.2. The Hall–Kier alpha value is -0.940. The molecular weight excluding hydrogens is 182 g/mol. The average Bonchev–Trinajstić information content (AvgIpc) is 2.61. The minimum atomic E-state index is -0.442. The summed E-state index contributed by atoms with van der Waals surface area (Å²) in [6, 6.07) is -0.0645. The number of hydrogen-bond donors (Lipinski definition) is 2. The summed E-state index contributed by atoms with van der Waals surface area (Å²) >= 11 is 0. The van der Waals surface area contributed by atoms with Gasteiger partial charge in [-0.3, -0.25) is 0 Å². The third kappa shape index (κ3) is 2.78. The van der Waals surface area contributed by atoms with Gasteiger partial charge in [0.25, 0.3) is 0 Å². The first kappa shape index (κ1) is 11.1. The van der Waals surface area contributed by atoms with Gasteiger partial charge in [0, 0.05) is 12.8 Å². The molecule has 0 saturated carbocycles. The first-order valence-corrected chi connectivity index (χ1v) is 4.84. The van der Waals surface area contributed by atoms with Gasteiger partial charge in [0.2, 0.25) is 0 Å². The summed E-state index contributed by atoms with van der Waals surface area (Å²) in [5.41, 5.74) is 0.853. The normalized spacial score (nSPS) is 15.4. The number of rotatable bonds is 5. The average molecular weight is 199 g/mol. The number of aryl methyl sites for hydroxylation is 1. The van der Waals surface area contributed by atoms with Crippen LogP contribution in [0.2, 0.25) is 0 Å². The van der Waals surface area contributed by atoms with Crippen LogP contribution < -0.4 is 0 Å². The second-order valence-corrected chi connectivity index (χ2v) is 3.50. The van der Waals surface area contributed by atoms with Gasteiger partial charge >= 0.3 is 0 Å². The molecule has 0 aliphatic rings. The van der Waals surface area contributed by atoms with Crippen LogP contribution in [0, 0.1) is 0 Å². The Kier molecular flexibility index (Phi) is 4.03. The molecule has 5 nitrogen and oxygen atoms in total. The molecule has 0 bridgehead atoms. The Bertz CT molecular complexity index is 273. The molecule has 1 aromatic rings. The van der Waals surface area contributed by atoms with Gasteiger partial charge in [-0.15, -0.1) is 5.10 Å². The number of aliphatic hydroxyl groups is 2. The Morgan fingerprint density at radius 1 is 1.50 bits per heavy atom. The summed E-state index contributed by atoms with van der Waals surface area (Å²) in [4.78, 5) is 0. The highest BCUT2D eigenvalue weighted by molar-refractivity contribution is 4.93. The maximum atomic E-state index is 9.33. The second kappa shape index (κ2) is 5.07. The molecule has 5 heteroatoms. The van der Waals surface area contributed by atoms with Crippen LogP contribution in [0.3, 0.4) is 0 Å². The largest absolute Gasteiger partial charge is 0.396 e. The molecule has 1 aromatic heterocycles. The summed E-state index contributed by atoms with van der Waals surface area (Å²) in [5, 5.41) is 25.8. The number of aliphatic hydroxyl groups excluding tert-OH is 2. The van der Waals surface area contributed by atoms with E-state index >= 15 is 0 Å². The lowest BCUT2D eigenvalue weighted by Gasteiger charge is -2.13. The van der Waals surface area contributed by atoms with Crippen molar-refractivity contribution in [1.82, 2.24) is 15.0 Å². The maximum absolute atomic E-state index is 9.33. The zero-order valence-electron chi connectivity index (χ0n) is 8.59. The zero-order valence-corrected chi connectivity index (χ0v) is 8.59. The summed E-state index contributed by atoms with van der Waals surface area (Å²) in [6.45, 7) is 3.77. The van der Waals surface area contributed by atoms with Crippen LogP contribution in [0.4, 0.5) is 0 Å². The van der Waals surface area contributed by atoms with Crippen molar-refractivity contribution in [2.45, 2.75) is 38.8 Å². The monoisotopic (exact) mass is 199 g/mol. The van der Waals surface area contributed by atoms with Crippen LogP contribution in [0.25, 0.3) is 0 Å². The van der Waals surface area contributed by atoms with Crippen LogP contribution in [0.1, 0.15) is 32.0 Å². The van der Waals surface area contributed by atoms with E-state index in [0.29, 0.717) is 6.42 Å². The van der Waals surface area contributed by atoms with Crippen molar-refractivity contribution in [2.75, 3.05) is 6.61 Å². The van der Waals surface area contributed by atoms with Crippen LogP contribution in [0.15, 0.2) is 6.20 Å². The van der Waals surface area contributed by atoms with Gasteiger partial charge in [0.05, 0.1) is 17.8 Å². The molecule has 0 aliphatic heterocycles. The molecule has 2 atom stereocenters. The summed E-state index contributed by atoms with van der Waals surface area (Å²) in [6.07, 6.45) is 2.79. The summed E-state index contributed by atoms with van der Waals surface area (Å²) < 4.78 is 1.65. The smallest absolute Gasteiger partial charge is 0.0828 e. The van der Waals surface area contributed by atoms with E-state index in [-0.39, 0.29) is 12.6 Å². The fourth-order valence-electron chi connectivity index (χ4n) is 1.11. The van der Waals surface area contributed by atoms with Crippen molar-refractivity contribution in [3.05, 3.63) is 11.9 Å². The Morgan fingerprint density at radius 2 is 2.21 bits per heavy atom. The minimum absolute atomic E-state index is 0.0645. The zero-order chi connectivity index (χ0) is 10.6. The molecule has 0 radical (unpaired) electrons. The summed E-state index contributed by atoms with van der Waals surface area (Å²) in [5.74, 6) is 0. The highest BCUT2D eigenvalue weighted by atomic mass is 16.3. The first-order chi connectivity index (χ1) is 6.65. The van der Waals surface area contributed by atoms with Crippen molar-refractivity contribution in [1.29, 1.82) is 0 Å². The fraction of sp³-hybridized carbons (Fsp3) is 0.778. The van der Waals surface area contributed by atoms with Gasteiger partial charge in [-0.05, 0) is 26.7 Å². The van der Waals surface area contributed by atoms with Crippen LogP contribution in [-0.4, -0.2) is 37.9 Å². The fourth-order valence-corrected chi connectivity index (χ4v) is 1.11. The molecule has 0 saturated heterocycles.